The lowest BCUT2D eigenvalue weighted by atomic mass is 10.2. The number of hydrogen-bond acceptors (Lipinski definition) is 7. The number of carbonyl (C=O) groups is 1. The molecular weight excluding hydrogens is 320 g/mol. The van der Waals surface area contributed by atoms with Crippen molar-refractivity contribution >= 4 is 39.8 Å². The van der Waals surface area contributed by atoms with Crippen LogP contribution in [-0.4, -0.2) is 35.5 Å². The topological polar surface area (TPSA) is 76.1 Å². The minimum atomic E-state index is -0.289. The van der Waals surface area contributed by atoms with Crippen LogP contribution in [0.25, 0.3) is 0 Å². The number of nitrogens with zero attached hydrogens (tertiary/aromatic N) is 2. The standard InChI is InChI=1S/C14H18N4O2S2/c1-8-5-6-11(20-4)10(7-8)16-12(19)9(2)21-14-18-17-13(15-3)22-14/h5-7,9H,1-4H3,(H,15,17)(H,16,19)/t9-/m1/s1. The Balaban J connectivity index is 2.03. The van der Waals surface area contributed by atoms with E-state index in [9.17, 15) is 4.79 Å². The van der Waals surface area contributed by atoms with Gasteiger partial charge in [0, 0.05) is 7.05 Å². The lowest BCUT2D eigenvalue weighted by Gasteiger charge is -2.13. The van der Waals surface area contributed by atoms with Crippen molar-refractivity contribution in [2.24, 2.45) is 0 Å². The number of amides is 1. The quantitative estimate of drug-likeness (QED) is 0.789. The van der Waals surface area contributed by atoms with E-state index in [4.69, 9.17) is 4.74 Å². The number of rotatable bonds is 6. The summed E-state index contributed by atoms with van der Waals surface area (Å²) in [5.74, 6) is 0.541. The van der Waals surface area contributed by atoms with E-state index >= 15 is 0 Å². The summed E-state index contributed by atoms with van der Waals surface area (Å²) in [6.07, 6.45) is 0. The molecule has 1 atom stereocenters. The van der Waals surface area contributed by atoms with Crippen LogP contribution in [0.4, 0.5) is 10.8 Å². The molecule has 0 bridgehead atoms. The predicted octanol–water partition coefficient (Wildman–Crippen LogP) is 3.02. The highest BCUT2D eigenvalue weighted by Crippen LogP contribution is 2.30. The van der Waals surface area contributed by atoms with Gasteiger partial charge in [-0.2, -0.15) is 0 Å². The number of aryl methyl sites for hydroxylation is 1. The zero-order valence-corrected chi connectivity index (χ0v) is 14.5. The highest BCUT2D eigenvalue weighted by atomic mass is 32.2. The highest BCUT2D eigenvalue weighted by Gasteiger charge is 2.18. The molecule has 0 aliphatic rings. The van der Waals surface area contributed by atoms with Crippen LogP contribution in [-0.2, 0) is 4.79 Å². The summed E-state index contributed by atoms with van der Waals surface area (Å²) in [4.78, 5) is 12.3. The molecule has 0 spiro atoms. The number of thioether (sulfide) groups is 1. The zero-order chi connectivity index (χ0) is 16.1. The molecule has 1 aromatic heterocycles. The fourth-order valence-corrected chi connectivity index (χ4v) is 3.57. The van der Waals surface area contributed by atoms with Gasteiger partial charge in [-0.3, -0.25) is 4.79 Å². The third-order valence-electron chi connectivity index (χ3n) is 2.88. The summed E-state index contributed by atoms with van der Waals surface area (Å²) in [6.45, 7) is 3.80. The van der Waals surface area contributed by atoms with Crippen LogP contribution in [0.2, 0.25) is 0 Å². The lowest BCUT2D eigenvalue weighted by molar-refractivity contribution is -0.115. The Morgan fingerprint density at radius 2 is 2.18 bits per heavy atom. The molecule has 2 rings (SSSR count). The van der Waals surface area contributed by atoms with Gasteiger partial charge < -0.3 is 15.4 Å². The van der Waals surface area contributed by atoms with Gasteiger partial charge in [-0.05, 0) is 31.5 Å². The Morgan fingerprint density at radius 3 is 2.82 bits per heavy atom. The minimum Gasteiger partial charge on any atom is -0.495 e. The van der Waals surface area contributed by atoms with Crippen molar-refractivity contribution in [3.8, 4) is 5.75 Å². The number of hydrogen-bond donors (Lipinski definition) is 2. The van der Waals surface area contributed by atoms with Gasteiger partial charge in [0.2, 0.25) is 11.0 Å². The summed E-state index contributed by atoms with van der Waals surface area (Å²) in [5, 5.41) is 14.3. The van der Waals surface area contributed by atoms with Crippen LogP contribution < -0.4 is 15.4 Å². The van der Waals surface area contributed by atoms with Gasteiger partial charge >= 0.3 is 0 Å². The zero-order valence-electron chi connectivity index (χ0n) is 12.8. The molecule has 1 amide bonds. The molecule has 22 heavy (non-hydrogen) atoms. The van der Waals surface area contributed by atoms with Gasteiger partial charge in [0.1, 0.15) is 5.75 Å². The molecule has 0 fully saturated rings. The molecular formula is C14H18N4O2S2. The number of anilines is 2. The number of carbonyl (C=O) groups excluding carboxylic acids is 1. The van der Waals surface area contributed by atoms with Crippen molar-refractivity contribution in [3.63, 3.8) is 0 Å². The van der Waals surface area contributed by atoms with Crippen LogP contribution in [0.5, 0.6) is 5.75 Å². The van der Waals surface area contributed by atoms with Crippen LogP contribution in [0, 0.1) is 6.92 Å². The maximum atomic E-state index is 12.3. The van der Waals surface area contributed by atoms with Crippen LogP contribution in [0.15, 0.2) is 22.5 Å². The highest BCUT2D eigenvalue weighted by molar-refractivity contribution is 8.02. The third kappa shape index (κ3) is 4.11. The predicted molar refractivity (Wildman–Crippen MR) is 91.1 cm³/mol. The lowest BCUT2D eigenvalue weighted by Crippen LogP contribution is -2.22. The number of aromatic nitrogens is 2. The average molecular weight is 338 g/mol. The first-order valence-electron chi connectivity index (χ1n) is 6.67. The Morgan fingerprint density at radius 1 is 1.41 bits per heavy atom. The van der Waals surface area contributed by atoms with Crippen molar-refractivity contribution in [3.05, 3.63) is 23.8 Å². The van der Waals surface area contributed by atoms with Gasteiger partial charge in [-0.25, -0.2) is 0 Å². The van der Waals surface area contributed by atoms with Gasteiger partial charge in [-0.15, -0.1) is 10.2 Å². The van der Waals surface area contributed by atoms with Crippen molar-refractivity contribution in [1.29, 1.82) is 0 Å². The maximum Gasteiger partial charge on any atom is 0.237 e. The van der Waals surface area contributed by atoms with Crippen LogP contribution in [0.1, 0.15) is 12.5 Å². The largest absolute Gasteiger partial charge is 0.495 e. The summed E-state index contributed by atoms with van der Waals surface area (Å²) in [5.41, 5.74) is 1.73. The molecule has 118 valence electrons. The molecule has 1 aromatic carbocycles. The van der Waals surface area contributed by atoms with Crippen molar-refractivity contribution in [2.45, 2.75) is 23.4 Å². The van der Waals surface area contributed by atoms with Gasteiger partial charge in [0.05, 0.1) is 18.0 Å². The van der Waals surface area contributed by atoms with E-state index in [1.54, 1.807) is 14.2 Å². The van der Waals surface area contributed by atoms with Crippen molar-refractivity contribution in [1.82, 2.24) is 10.2 Å². The number of benzene rings is 1. The molecule has 8 heteroatoms. The first-order valence-corrected chi connectivity index (χ1v) is 8.36. The second kappa shape index (κ2) is 7.46. The van der Waals surface area contributed by atoms with E-state index in [2.05, 4.69) is 20.8 Å². The summed E-state index contributed by atoms with van der Waals surface area (Å²) >= 11 is 2.80. The van der Waals surface area contributed by atoms with Gasteiger partial charge in [0.25, 0.3) is 0 Å². The Hall–Kier alpha value is -1.80. The normalized spacial score (nSPS) is 11.8. The van der Waals surface area contributed by atoms with E-state index in [1.165, 1.54) is 23.1 Å². The SMILES string of the molecule is CNc1nnc(S[C@H](C)C(=O)Nc2cc(C)ccc2OC)s1. The Labute approximate surface area is 137 Å². The molecule has 1 heterocycles. The molecule has 0 radical (unpaired) electrons. The smallest absolute Gasteiger partial charge is 0.237 e. The average Bonchev–Trinajstić information content (AvgIpc) is 2.95. The van der Waals surface area contributed by atoms with Crippen LogP contribution >= 0.6 is 23.1 Å². The number of ether oxygens (including phenoxy) is 1. The minimum absolute atomic E-state index is 0.102. The maximum absolute atomic E-state index is 12.3. The van der Waals surface area contributed by atoms with E-state index in [0.717, 1.165) is 15.0 Å². The van der Waals surface area contributed by atoms with Gasteiger partial charge in [0.15, 0.2) is 4.34 Å². The Kier molecular flexibility index (Phi) is 5.62. The van der Waals surface area contributed by atoms with E-state index in [1.807, 2.05) is 32.0 Å². The van der Waals surface area contributed by atoms with E-state index in [-0.39, 0.29) is 11.2 Å². The summed E-state index contributed by atoms with van der Waals surface area (Å²) < 4.78 is 6.02. The monoisotopic (exact) mass is 338 g/mol. The number of nitrogens with one attached hydrogen (secondary N) is 2. The molecule has 2 aromatic rings. The van der Waals surface area contributed by atoms with Crippen LogP contribution in [0.3, 0.4) is 0 Å². The molecule has 2 N–H and O–H groups in total. The van der Waals surface area contributed by atoms with Crippen molar-refractivity contribution in [2.75, 3.05) is 24.8 Å². The third-order valence-corrected chi connectivity index (χ3v) is 5.00. The molecule has 0 aliphatic heterocycles. The molecule has 0 aliphatic carbocycles. The molecule has 0 saturated carbocycles. The van der Waals surface area contributed by atoms with Crippen molar-refractivity contribution < 1.29 is 9.53 Å². The first kappa shape index (κ1) is 16.6. The molecule has 0 saturated heterocycles. The molecule has 6 nitrogen and oxygen atoms in total. The first-order chi connectivity index (χ1) is 10.5. The summed E-state index contributed by atoms with van der Waals surface area (Å²) in [6, 6.07) is 5.66. The fourth-order valence-electron chi connectivity index (χ4n) is 1.72. The summed E-state index contributed by atoms with van der Waals surface area (Å²) in [7, 11) is 3.37. The molecule has 0 unspecified atom stereocenters. The second-order valence-electron chi connectivity index (χ2n) is 4.58. The Bertz CT molecular complexity index is 660. The van der Waals surface area contributed by atoms with E-state index in [0.29, 0.717) is 11.4 Å². The number of methoxy groups -OCH3 is 1. The van der Waals surface area contributed by atoms with Gasteiger partial charge in [-0.1, -0.05) is 29.2 Å². The fraction of sp³-hybridized carbons (Fsp3) is 0.357. The van der Waals surface area contributed by atoms with E-state index < -0.39 is 0 Å². The second-order valence-corrected chi connectivity index (χ2v) is 7.14.